The molecule has 0 atom stereocenters. The van der Waals surface area contributed by atoms with Crippen LogP contribution in [0.5, 0.6) is 5.75 Å². The molecule has 0 aliphatic heterocycles. The second kappa shape index (κ2) is 9.76. The number of carbonyl (C=O) groups is 3. The molecule has 2 amide bonds. The van der Waals surface area contributed by atoms with Crippen molar-refractivity contribution in [3.05, 3.63) is 72.8 Å². The normalized spacial score (nSPS) is 9.93. The van der Waals surface area contributed by atoms with Crippen LogP contribution in [0.25, 0.3) is 0 Å². The summed E-state index contributed by atoms with van der Waals surface area (Å²) in [6.07, 6.45) is 1.58. The number of amides is 2. The van der Waals surface area contributed by atoms with Crippen molar-refractivity contribution >= 4 is 23.5 Å². The van der Waals surface area contributed by atoms with Crippen molar-refractivity contribution in [2.75, 3.05) is 24.7 Å². The number of nitrogens with zero attached hydrogens (tertiary/aromatic N) is 1. The van der Waals surface area contributed by atoms with Gasteiger partial charge in [-0.15, -0.1) is 6.58 Å². The fourth-order valence-corrected chi connectivity index (χ4v) is 2.28. The third kappa shape index (κ3) is 5.71. The highest BCUT2D eigenvalue weighted by atomic mass is 16.6. The highest BCUT2D eigenvalue weighted by Crippen LogP contribution is 2.17. The molecule has 0 heterocycles. The van der Waals surface area contributed by atoms with E-state index >= 15 is 0 Å². The highest BCUT2D eigenvalue weighted by Gasteiger charge is 2.17. The van der Waals surface area contributed by atoms with Gasteiger partial charge in [0, 0.05) is 12.2 Å². The lowest BCUT2D eigenvalue weighted by atomic mass is 10.2. The standard InChI is InChI=1S/C20H20N2O5/c1-2-12-22(15-8-4-3-5-9-15)18(23)13-27-19(24)14-26-17-11-7-6-10-16(17)20(21)25/h2-11H,1,12-14H2,(H2,21,25). The molecule has 2 N–H and O–H groups in total. The SMILES string of the molecule is C=CCN(C(=O)COC(=O)COc1ccccc1C(N)=O)c1ccccc1. The van der Waals surface area contributed by atoms with E-state index in [2.05, 4.69) is 6.58 Å². The summed E-state index contributed by atoms with van der Waals surface area (Å²) in [5.74, 6) is -1.64. The first-order chi connectivity index (χ1) is 13.0. The summed E-state index contributed by atoms with van der Waals surface area (Å²) < 4.78 is 10.2. The first-order valence-corrected chi connectivity index (χ1v) is 8.16. The highest BCUT2D eigenvalue weighted by molar-refractivity contribution is 5.96. The lowest BCUT2D eigenvalue weighted by molar-refractivity contribution is -0.149. The largest absolute Gasteiger partial charge is 0.481 e. The van der Waals surface area contributed by atoms with Crippen molar-refractivity contribution in [3.63, 3.8) is 0 Å². The molecule has 0 unspecified atom stereocenters. The van der Waals surface area contributed by atoms with Crippen LogP contribution in [0.2, 0.25) is 0 Å². The fourth-order valence-electron chi connectivity index (χ4n) is 2.28. The van der Waals surface area contributed by atoms with Crippen LogP contribution in [0.4, 0.5) is 5.69 Å². The van der Waals surface area contributed by atoms with E-state index in [1.807, 2.05) is 6.07 Å². The first-order valence-electron chi connectivity index (χ1n) is 8.16. The molecule has 0 aliphatic rings. The third-order valence-electron chi connectivity index (χ3n) is 3.54. The summed E-state index contributed by atoms with van der Waals surface area (Å²) in [5, 5.41) is 0. The second-order valence-corrected chi connectivity index (χ2v) is 5.44. The Bertz CT molecular complexity index is 820. The average Bonchev–Trinajstić information content (AvgIpc) is 2.69. The maximum absolute atomic E-state index is 12.4. The summed E-state index contributed by atoms with van der Waals surface area (Å²) in [5.41, 5.74) is 6.07. The molecule has 7 nitrogen and oxygen atoms in total. The Labute approximate surface area is 157 Å². The van der Waals surface area contributed by atoms with E-state index in [1.54, 1.807) is 42.5 Å². The average molecular weight is 368 g/mol. The van der Waals surface area contributed by atoms with E-state index < -0.39 is 31.0 Å². The molecule has 2 aromatic rings. The molecule has 0 saturated heterocycles. The maximum Gasteiger partial charge on any atom is 0.344 e. The van der Waals surface area contributed by atoms with Crippen molar-refractivity contribution in [2.24, 2.45) is 5.73 Å². The number of hydrogen-bond donors (Lipinski definition) is 1. The molecule has 2 rings (SSSR count). The Morgan fingerprint density at radius 3 is 2.33 bits per heavy atom. The predicted octanol–water partition coefficient (Wildman–Crippen LogP) is 1.93. The van der Waals surface area contributed by atoms with Crippen LogP contribution >= 0.6 is 0 Å². The van der Waals surface area contributed by atoms with Crippen LogP contribution in [-0.2, 0) is 14.3 Å². The van der Waals surface area contributed by atoms with Crippen LogP contribution in [-0.4, -0.2) is 37.5 Å². The van der Waals surface area contributed by atoms with Gasteiger partial charge in [-0.2, -0.15) is 0 Å². The van der Waals surface area contributed by atoms with E-state index in [-0.39, 0.29) is 17.9 Å². The Morgan fingerprint density at radius 1 is 1.00 bits per heavy atom. The molecule has 0 aromatic heterocycles. The summed E-state index contributed by atoms with van der Waals surface area (Å²) in [6.45, 7) is 3.01. The Morgan fingerprint density at radius 2 is 1.67 bits per heavy atom. The van der Waals surface area contributed by atoms with E-state index in [4.69, 9.17) is 15.2 Å². The Balaban J connectivity index is 1.90. The number of carbonyl (C=O) groups excluding carboxylic acids is 3. The fraction of sp³-hybridized carbons (Fsp3) is 0.150. The van der Waals surface area contributed by atoms with Gasteiger partial charge in [-0.3, -0.25) is 9.59 Å². The molecule has 0 spiro atoms. The smallest absolute Gasteiger partial charge is 0.344 e. The molecule has 27 heavy (non-hydrogen) atoms. The molecular weight excluding hydrogens is 348 g/mol. The zero-order valence-corrected chi connectivity index (χ0v) is 14.7. The number of anilines is 1. The number of para-hydroxylation sites is 2. The van der Waals surface area contributed by atoms with Gasteiger partial charge in [0.25, 0.3) is 11.8 Å². The van der Waals surface area contributed by atoms with E-state index in [0.29, 0.717) is 5.69 Å². The molecule has 0 aliphatic carbocycles. The van der Waals surface area contributed by atoms with E-state index in [0.717, 1.165) is 0 Å². The van der Waals surface area contributed by atoms with Gasteiger partial charge < -0.3 is 20.1 Å². The van der Waals surface area contributed by atoms with Crippen LogP contribution in [0.15, 0.2) is 67.3 Å². The zero-order chi connectivity index (χ0) is 19.6. The number of hydrogen-bond acceptors (Lipinski definition) is 5. The maximum atomic E-state index is 12.4. The number of rotatable bonds is 9. The lowest BCUT2D eigenvalue weighted by Crippen LogP contribution is -2.35. The Hall–Kier alpha value is -3.61. The van der Waals surface area contributed by atoms with Gasteiger partial charge in [-0.05, 0) is 24.3 Å². The van der Waals surface area contributed by atoms with E-state index in [1.165, 1.54) is 17.0 Å². The van der Waals surface area contributed by atoms with Crippen molar-refractivity contribution in [2.45, 2.75) is 0 Å². The van der Waals surface area contributed by atoms with Crippen LogP contribution in [0, 0.1) is 0 Å². The van der Waals surface area contributed by atoms with Gasteiger partial charge in [-0.25, -0.2) is 4.79 Å². The number of nitrogens with two attached hydrogens (primary N) is 1. The summed E-state index contributed by atoms with van der Waals surface area (Å²) in [4.78, 5) is 37.0. The monoisotopic (exact) mass is 368 g/mol. The van der Waals surface area contributed by atoms with Crippen LogP contribution < -0.4 is 15.4 Å². The molecule has 0 radical (unpaired) electrons. The predicted molar refractivity (Wildman–Crippen MR) is 100 cm³/mol. The van der Waals surface area contributed by atoms with Crippen molar-refractivity contribution < 1.29 is 23.9 Å². The summed E-state index contributed by atoms with van der Waals surface area (Å²) in [6, 6.07) is 15.2. The van der Waals surface area contributed by atoms with E-state index in [9.17, 15) is 14.4 Å². The number of benzene rings is 2. The molecule has 2 aromatic carbocycles. The van der Waals surface area contributed by atoms with Crippen molar-refractivity contribution in [1.82, 2.24) is 0 Å². The minimum Gasteiger partial charge on any atom is -0.481 e. The number of esters is 1. The molecule has 0 bridgehead atoms. The molecule has 7 heteroatoms. The second-order valence-electron chi connectivity index (χ2n) is 5.44. The third-order valence-corrected chi connectivity index (χ3v) is 3.54. The van der Waals surface area contributed by atoms with Crippen LogP contribution in [0.3, 0.4) is 0 Å². The minimum absolute atomic E-state index is 0.155. The first kappa shape index (κ1) is 19.7. The molecule has 0 saturated carbocycles. The summed E-state index contributed by atoms with van der Waals surface area (Å²) in [7, 11) is 0. The van der Waals surface area contributed by atoms with Gasteiger partial charge in [0.15, 0.2) is 13.2 Å². The summed E-state index contributed by atoms with van der Waals surface area (Å²) >= 11 is 0. The van der Waals surface area contributed by atoms with Gasteiger partial charge in [0.1, 0.15) is 5.75 Å². The van der Waals surface area contributed by atoms with Gasteiger partial charge in [-0.1, -0.05) is 36.4 Å². The van der Waals surface area contributed by atoms with Gasteiger partial charge in [0.05, 0.1) is 5.56 Å². The number of primary amides is 1. The van der Waals surface area contributed by atoms with Crippen molar-refractivity contribution in [1.29, 1.82) is 0 Å². The van der Waals surface area contributed by atoms with Gasteiger partial charge >= 0.3 is 5.97 Å². The van der Waals surface area contributed by atoms with Crippen LogP contribution in [0.1, 0.15) is 10.4 Å². The lowest BCUT2D eigenvalue weighted by Gasteiger charge is -2.21. The molecule has 0 fully saturated rings. The van der Waals surface area contributed by atoms with Gasteiger partial charge in [0.2, 0.25) is 0 Å². The number of ether oxygens (including phenoxy) is 2. The quantitative estimate of drug-likeness (QED) is 0.539. The Kier molecular flexibility index (Phi) is 7.13. The minimum atomic E-state index is -0.741. The molecule has 140 valence electrons. The van der Waals surface area contributed by atoms with Crippen molar-refractivity contribution in [3.8, 4) is 5.75 Å². The molecular formula is C20H20N2O5. The topological polar surface area (TPSA) is 98.9 Å². The zero-order valence-electron chi connectivity index (χ0n) is 14.7.